The van der Waals surface area contributed by atoms with E-state index in [1.54, 1.807) is 0 Å². The first-order valence-electron chi connectivity index (χ1n) is 19.4. The first kappa shape index (κ1) is 37.7. The largest absolute Gasteiger partial charge is 0.487 e. The maximum atomic E-state index is 6.27. The molecule has 8 nitrogen and oxygen atoms in total. The highest BCUT2D eigenvalue weighted by Crippen LogP contribution is 2.47. The molecule has 0 saturated carbocycles. The number of hydrogen-bond donors (Lipinski definition) is 1. The summed E-state index contributed by atoms with van der Waals surface area (Å²) in [5.41, 5.74) is 12.2. The highest BCUT2D eigenvalue weighted by atomic mass is 16.6. The van der Waals surface area contributed by atoms with Crippen LogP contribution in [0.4, 0.5) is 17.1 Å². The van der Waals surface area contributed by atoms with Crippen LogP contribution in [-0.4, -0.2) is 77.2 Å². The Balaban J connectivity index is 1.25. The van der Waals surface area contributed by atoms with E-state index in [0.717, 1.165) is 30.6 Å². The van der Waals surface area contributed by atoms with E-state index in [0.29, 0.717) is 64.4 Å². The van der Waals surface area contributed by atoms with Gasteiger partial charge in [0.2, 0.25) is 5.69 Å². The Morgan fingerprint density at radius 3 is 2.04 bits per heavy atom. The lowest BCUT2D eigenvalue weighted by Crippen LogP contribution is -2.26. The van der Waals surface area contributed by atoms with Gasteiger partial charge in [-0.25, -0.2) is 0 Å². The summed E-state index contributed by atoms with van der Waals surface area (Å²) in [6.07, 6.45) is 12.4. The van der Waals surface area contributed by atoms with Crippen molar-refractivity contribution in [2.45, 2.75) is 57.8 Å². The molecule has 0 atom stereocenters. The van der Waals surface area contributed by atoms with Gasteiger partial charge in [-0.1, -0.05) is 62.4 Å². The molecule has 1 aliphatic carbocycles. The molecule has 0 aromatic heterocycles. The van der Waals surface area contributed by atoms with Crippen molar-refractivity contribution in [2.75, 3.05) is 77.2 Å². The van der Waals surface area contributed by atoms with Crippen molar-refractivity contribution < 1.29 is 28.3 Å². The van der Waals surface area contributed by atoms with E-state index >= 15 is 0 Å². The highest BCUT2D eigenvalue weighted by molar-refractivity contribution is 6.03. The van der Waals surface area contributed by atoms with E-state index in [-0.39, 0.29) is 10.8 Å². The minimum absolute atomic E-state index is 0.108. The smallest absolute Gasteiger partial charge is 0.209 e. The third-order valence-corrected chi connectivity index (χ3v) is 11.2. The van der Waals surface area contributed by atoms with Gasteiger partial charge in [-0.2, -0.15) is 4.58 Å². The highest BCUT2D eigenvalue weighted by Gasteiger charge is 2.42. The van der Waals surface area contributed by atoms with E-state index in [9.17, 15) is 0 Å². The van der Waals surface area contributed by atoms with Gasteiger partial charge in [0, 0.05) is 59.0 Å². The fraction of sp³-hybridized carbons (Fsp3) is 0.413. The summed E-state index contributed by atoms with van der Waals surface area (Å²) in [6.45, 7) is 13.1. The maximum Gasteiger partial charge on any atom is 0.209 e. The Bertz CT molecular complexity index is 2000. The van der Waals surface area contributed by atoms with Crippen LogP contribution in [0.25, 0.3) is 0 Å². The fourth-order valence-electron chi connectivity index (χ4n) is 8.31. The zero-order valence-electron chi connectivity index (χ0n) is 32.9. The molecule has 0 amide bonds. The van der Waals surface area contributed by atoms with Crippen molar-refractivity contribution in [1.29, 1.82) is 0 Å². The molecule has 3 aliphatic heterocycles. The molecule has 8 heteroatoms. The number of nitrogens with one attached hydrogen (secondary N) is 1. The number of likely N-dealkylation sites (N-methyl/N-ethyl adjacent to an activating group) is 1. The zero-order valence-corrected chi connectivity index (χ0v) is 32.9. The van der Waals surface area contributed by atoms with Crippen molar-refractivity contribution in [1.82, 2.24) is 0 Å². The van der Waals surface area contributed by atoms with E-state index in [1.807, 2.05) is 12.1 Å². The van der Waals surface area contributed by atoms with Crippen LogP contribution in [0, 0.1) is 0 Å². The van der Waals surface area contributed by atoms with E-state index < -0.39 is 0 Å². The Kier molecular flexibility index (Phi) is 11.4. The normalized spacial score (nSPS) is 22.0. The first-order valence-corrected chi connectivity index (χ1v) is 19.4. The number of fused-ring (bicyclic) bond motifs is 3. The molecular weight excluding hydrogens is 675 g/mol. The van der Waals surface area contributed by atoms with Gasteiger partial charge >= 0.3 is 0 Å². The number of rotatable bonds is 5. The number of para-hydroxylation sites is 2. The van der Waals surface area contributed by atoms with Crippen LogP contribution in [0.15, 0.2) is 114 Å². The van der Waals surface area contributed by atoms with E-state index in [4.69, 9.17) is 23.7 Å². The molecule has 3 heterocycles. The molecule has 0 unspecified atom stereocenters. The van der Waals surface area contributed by atoms with Crippen LogP contribution in [0.3, 0.4) is 0 Å². The van der Waals surface area contributed by atoms with Crippen LogP contribution >= 0.6 is 0 Å². The number of ether oxygens (including phenoxy) is 5. The van der Waals surface area contributed by atoms with Crippen molar-refractivity contribution in [3.63, 3.8) is 0 Å². The third kappa shape index (κ3) is 7.79. The average molecular weight is 731 g/mol. The predicted molar refractivity (Wildman–Crippen MR) is 218 cm³/mol. The Hall–Kier alpha value is -4.63. The molecule has 3 aromatic rings. The summed E-state index contributed by atoms with van der Waals surface area (Å²) >= 11 is 0. The average Bonchev–Trinajstić information content (AvgIpc) is 3.48. The van der Waals surface area contributed by atoms with Gasteiger partial charge in [-0.3, -0.25) is 0 Å². The molecule has 284 valence electrons. The summed E-state index contributed by atoms with van der Waals surface area (Å²) < 4.78 is 31.8. The van der Waals surface area contributed by atoms with Gasteiger partial charge in [-0.15, -0.1) is 0 Å². The van der Waals surface area contributed by atoms with Gasteiger partial charge in [-0.05, 0) is 74.1 Å². The second-order valence-electron chi connectivity index (χ2n) is 15.4. The van der Waals surface area contributed by atoms with Crippen LogP contribution in [0.2, 0.25) is 0 Å². The third-order valence-electron chi connectivity index (χ3n) is 11.2. The molecule has 0 saturated heterocycles. The second-order valence-corrected chi connectivity index (χ2v) is 15.4. The van der Waals surface area contributed by atoms with Crippen molar-refractivity contribution in [3.8, 4) is 11.5 Å². The topological polar surface area (TPSA) is 64.4 Å². The van der Waals surface area contributed by atoms with Gasteiger partial charge in [0.25, 0.3) is 0 Å². The molecule has 1 N–H and O–H groups in total. The van der Waals surface area contributed by atoms with Crippen LogP contribution in [0.5, 0.6) is 11.5 Å². The minimum atomic E-state index is -0.108. The summed E-state index contributed by atoms with van der Waals surface area (Å²) in [5, 5.41) is 3.88. The molecule has 0 radical (unpaired) electrons. The van der Waals surface area contributed by atoms with Crippen LogP contribution in [-0.2, 0) is 25.0 Å². The summed E-state index contributed by atoms with van der Waals surface area (Å²) in [4.78, 5) is 2.34. The number of benzene rings is 3. The van der Waals surface area contributed by atoms with Gasteiger partial charge in [0.05, 0.1) is 45.1 Å². The standard InChI is InChI=1S/C46H55N3O5/c1-45(2)36-14-7-9-16-38(36)48(5)42(45)22-18-33-12-11-13-34(19-23-43-46(3,4)37-15-8-10-17-39(37)49(43)6)44(33)47-35-20-21-40-41(32-35)54-31-29-52-27-25-50-24-26-51-28-30-53-40/h7-10,14-23,32H,11-13,24-31H2,1-6H3/p+1. The molecule has 0 bridgehead atoms. The van der Waals surface area contributed by atoms with Gasteiger partial charge < -0.3 is 33.9 Å². The van der Waals surface area contributed by atoms with Crippen molar-refractivity contribution in [3.05, 3.63) is 125 Å². The number of anilines is 2. The number of nitrogens with zero attached hydrogens (tertiary/aromatic N) is 2. The van der Waals surface area contributed by atoms with Gasteiger partial charge in [0.15, 0.2) is 17.2 Å². The molecule has 7 rings (SSSR count). The molecule has 4 aliphatic rings. The number of allylic oxidation sites excluding steroid dienone is 7. The first-order chi connectivity index (χ1) is 26.2. The van der Waals surface area contributed by atoms with Crippen LogP contribution in [0.1, 0.15) is 58.1 Å². The lowest BCUT2D eigenvalue weighted by atomic mass is 9.81. The van der Waals surface area contributed by atoms with Gasteiger partial charge in [0.1, 0.15) is 20.3 Å². The Morgan fingerprint density at radius 1 is 0.685 bits per heavy atom. The monoisotopic (exact) mass is 730 g/mol. The SMILES string of the molecule is CN1C(=CC=C2CCCC(C=CC3=[N+](C)c4ccccc4C3(C)C)=C2Nc2ccc3c(c2)OCCOCCOCCOCCO3)C(C)(C)c2ccccc21. The fourth-order valence-corrected chi connectivity index (χ4v) is 8.31. The Labute approximate surface area is 321 Å². The molecular formula is C46H56N3O5+. The van der Waals surface area contributed by atoms with E-state index in [1.165, 1.54) is 45.1 Å². The summed E-state index contributed by atoms with van der Waals surface area (Å²) in [6, 6.07) is 23.6. The lowest BCUT2D eigenvalue weighted by molar-refractivity contribution is -0.401. The second kappa shape index (κ2) is 16.4. The predicted octanol–water partition coefficient (Wildman–Crippen LogP) is 8.86. The lowest BCUT2D eigenvalue weighted by Gasteiger charge is -2.26. The maximum absolute atomic E-state index is 6.27. The molecule has 0 spiro atoms. The molecule has 0 fully saturated rings. The van der Waals surface area contributed by atoms with Crippen molar-refractivity contribution >= 4 is 22.8 Å². The van der Waals surface area contributed by atoms with Crippen molar-refractivity contribution in [2.24, 2.45) is 0 Å². The summed E-state index contributed by atoms with van der Waals surface area (Å²) in [7, 11) is 4.36. The number of hydrogen-bond acceptors (Lipinski definition) is 7. The quantitative estimate of drug-likeness (QED) is 0.263. The van der Waals surface area contributed by atoms with E-state index in [2.05, 4.69) is 135 Å². The molecule has 54 heavy (non-hydrogen) atoms. The summed E-state index contributed by atoms with van der Waals surface area (Å²) in [5.74, 6) is 1.35. The molecule has 3 aromatic carbocycles. The minimum Gasteiger partial charge on any atom is -0.487 e. The Morgan fingerprint density at radius 2 is 1.33 bits per heavy atom. The zero-order chi connectivity index (χ0) is 37.7. The van der Waals surface area contributed by atoms with Crippen LogP contribution < -0.4 is 19.7 Å².